The van der Waals surface area contributed by atoms with Gasteiger partial charge in [0.15, 0.2) is 0 Å². The van der Waals surface area contributed by atoms with Crippen LogP contribution in [0.15, 0.2) is 10.6 Å². The van der Waals surface area contributed by atoms with Crippen molar-refractivity contribution in [1.29, 1.82) is 0 Å². The van der Waals surface area contributed by atoms with Crippen LogP contribution in [0.3, 0.4) is 0 Å². The Kier molecular flexibility index (Phi) is 3.61. The van der Waals surface area contributed by atoms with Gasteiger partial charge in [0.2, 0.25) is 11.8 Å². The van der Waals surface area contributed by atoms with Crippen LogP contribution in [-0.4, -0.2) is 23.5 Å². The lowest BCUT2D eigenvalue weighted by Crippen LogP contribution is -2.44. The van der Waals surface area contributed by atoms with E-state index in [2.05, 4.69) is 10.3 Å². The fourth-order valence-corrected chi connectivity index (χ4v) is 0.918. The van der Waals surface area contributed by atoms with Crippen LogP contribution in [0.25, 0.3) is 0 Å². The number of hydrogen-bond acceptors (Lipinski definition) is 5. The molecule has 1 heterocycles. The van der Waals surface area contributed by atoms with Crippen LogP contribution in [0.1, 0.15) is 11.7 Å². The van der Waals surface area contributed by atoms with Gasteiger partial charge in [-0.25, -0.2) is 4.98 Å². The van der Waals surface area contributed by atoms with E-state index >= 15 is 0 Å². The number of nitrogens with one attached hydrogen (secondary N) is 1. The van der Waals surface area contributed by atoms with Crippen LogP contribution < -0.4 is 16.8 Å². The molecule has 1 aromatic heterocycles. The van der Waals surface area contributed by atoms with E-state index in [1.807, 2.05) is 6.92 Å². The maximum atomic E-state index is 10.6. The van der Waals surface area contributed by atoms with E-state index in [0.29, 0.717) is 19.0 Å². The molecule has 0 spiro atoms. The summed E-state index contributed by atoms with van der Waals surface area (Å²) in [4.78, 5) is 14.5. The molecule has 0 fully saturated rings. The molecule has 1 rings (SSSR count). The van der Waals surface area contributed by atoms with Crippen molar-refractivity contribution in [3.05, 3.63) is 17.8 Å². The summed E-state index contributed by atoms with van der Waals surface area (Å²) >= 11 is 0. The Morgan fingerprint density at radius 1 is 1.79 bits per heavy atom. The summed E-state index contributed by atoms with van der Waals surface area (Å²) < 4.78 is 5.20. The minimum atomic E-state index is -0.675. The smallest absolute Gasteiger partial charge is 0.235 e. The highest BCUT2D eigenvalue weighted by molar-refractivity contribution is 5.79. The Morgan fingerprint density at radius 3 is 3.00 bits per heavy atom. The number of carbonyl (C=O) groups is 1. The first kappa shape index (κ1) is 10.7. The summed E-state index contributed by atoms with van der Waals surface area (Å²) in [5.74, 6) is 0.793. The van der Waals surface area contributed by atoms with Gasteiger partial charge in [0, 0.05) is 6.54 Å². The van der Waals surface area contributed by atoms with Gasteiger partial charge in [-0.15, -0.1) is 0 Å². The number of aryl methyl sites for hydroxylation is 1. The standard InChI is InChI=1S/C8H14N4O2/c1-5-2-12-7(14-5)4-11-3-6(9)8(10)13/h2,6,11H,3-4,9H2,1H3,(H2,10,13). The molecule has 0 saturated carbocycles. The summed E-state index contributed by atoms with van der Waals surface area (Å²) in [7, 11) is 0. The number of hydrogen-bond donors (Lipinski definition) is 3. The van der Waals surface area contributed by atoms with Crippen molar-refractivity contribution in [2.45, 2.75) is 19.5 Å². The lowest BCUT2D eigenvalue weighted by Gasteiger charge is -2.06. The normalized spacial score (nSPS) is 12.7. The molecule has 0 aliphatic heterocycles. The highest BCUT2D eigenvalue weighted by atomic mass is 16.4. The van der Waals surface area contributed by atoms with Crippen LogP contribution in [0.5, 0.6) is 0 Å². The van der Waals surface area contributed by atoms with Gasteiger partial charge in [-0.2, -0.15) is 0 Å². The molecule has 0 aromatic carbocycles. The summed E-state index contributed by atoms with van der Waals surface area (Å²) in [5.41, 5.74) is 10.4. The summed E-state index contributed by atoms with van der Waals surface area (Å²) in [6, 6.07) is -0.675. The third kappa shape index (κ3) is 3.15. The van der Waals surface area contributed by atoms with Gasteiger partial charge in [-0.3, -0.25) is 4.79 Å². The van der Waals surface area contributed by atoms with Crippen molar-refractivity contribution in [3.63, 3.8) is 0 Å². The maximum absolute atomic E-state index is 10.6. The fraction of sp³-hybridized carbons (Fsp3) is 0.500. The summed E-state index contributed by atoms with van der Waals surface area (Å²) in [6.45, 7) is 2.57. The Morgan fingerprint density at radius 2 is 2.50 bits per heavy atom. The first-order valence-electron chi connectivity index (χ1n) is 4.26. The van der Waals surface area contributed by atoms with Crippen molar-refractivity contribution < 1.29 is 9.21 Å². The van der Waals surface area contributed by atoms with Crippen molar-refractivity contribution in [2.24, 2.45) is 11.5 Å². The molecule has 5 N–H and O–H groups in total. The highest BCUT2D eigenvalue weighted by Gasteiger charge is 2.08. The number of primary amides is 1. The second-order valence-corrected chi connectivity index (χ2v) is 3.00. The Labute approximate surface area is 81.7 Å². The Hall–Kier alpha value is -1.40. The molecule has 1 aromatic rings. The van der Waals surface area contributed by atoms with E-state index in [1.54, 1.807) is 6.20 Å². The maximum Gasteiger partial charge on any atom is 0.235 e. The second-order valence-electron chi connectivity index (χ2n) is 3.00. The molecular formula is C8H14N4O2. The van der Waals surface area contributed by atoms with E-state index in [4.69, 9.17) is 15.9 Å². The molecule has 0 radical (unpaired) electrons. The van der Waals surface area contributed by atoms with Crippen LogP contribution in [-0.2, 0) is 11.3 Å². The number of nitrogens with two attached hydrogens (primary N) is 2. The first-order chi connectivity index (χ1) is 6.59. The number of rotatable bonds is 5. The molecule has 0 saturated heterocycles. The molecule has 6 heteroatoms. The van der Waals surface area contributed by atoms with Crippen LogP contribution in [0.4, 0.5) is 0 Å². The van der Waals surface area contributed by atoms with Gasteiger partial charge in [0.25, 0.3) is 0 Å². The number of aromatic nitrogens is 1. The zero-order valence-electron chi connectivity index (χ0n) is 7.99. The predicted octanol–water partition coefficient (Wildman–Crippen LogP) is -1.11. The second kappa shape index (κ2) is 4.73. The topological polar surface area (TPSA) is 107 Å². The molecule has 0 aliphatic carbocycles. The van der Waals surface area contributed by atoms with Crippen molar-refractivity contribution in [3.8, 4) is 0 Å². The first-order valence-corrected chi connectivity index (χ1v) is 4.26. The van der Waals surface area contributed by atoms with Crippen LogP contribution in [0, 0.1) is 6.92 Å². The largest absolute Gasteiger partial charge is 0.445 e. The van der Waals surface area contributed by atoms with Crippen LogP contribution >= 0.6 is 0 Å². The lowest BCUT2D eigenvalue weighted by atomic mass is 10.3. The minimum Gasteiger partial charge on any atom is -0.445 e. The molecular weight excluding hydrogens is 184 g/mol. The number of oxazole rings is 1. The molecule has 1 unspecified atom stereocenters. The lowest BCUT2D eigenvalue weighted by molar-refractivity contribution is -0.119. The van der Waals surface area contributed by atoms with Crippen molar-refractivity contribution >= 4 is 5.91 Å². The van der Waals surface area contributed by atoms with Gasteiger partial charge < -0.3 is 21.2 Å². The quantitative estimate of drug-likeness (QED) is 0.555. The number of carbonyl (C=O) groups excluding carboxylic acids is 1. The third-order valence-corrected chi connectivity index (χ3v) is 1.68. The summed E-state index contributed by atoms with van der Waals surface area (Å²) in [6.07, 6.45) is 1.63. The van der Waals surface area contributed by atoms with E-state index in [1.165, 1.54) is 0 Å². The Bertz CT molecular complexity index is 310. The third-order valence-electron chi connectivity index (χ3n) is 1.68. The van der Waals surface area contributed by atoms with Gasteiger partial charge >= 0.3 is 0 Å². The van der Waals surface area contributed by atoms with E-state index in [9.17, 15) is 4.79 Å². The van der Waals surface area contributed by atoms with E-state index in [0.717, 1.165) is 5.76 Å². The average Bonchev–Trinajstić information content (AvgIpc) is 2.51. The monoisotopic (exact) mass is 198 g/mol. The van der Waals surface area contributed by atoms with E-state index in [-0.39, 0.29) is 0 Å². The molecule has 0 bridgehead atoms. The van der Waals surface area contributed by atoms with Crippen molar-refractivity contribution in [1.82, 2.24) is 10.3 Å². The minimum absolute atomic E-state index is 0.316. The van der Waals surface area contributed by atoms with E-state index < -0.39 is 11.9 Å². The molecule has 1 amide bonds. The zero-order valence-corrected chi connectivity index (χ0v) is 7.99. The van der Waals surface area contributed by atoms with Crippen molar-refractivity contribution in [2.75, 3.05) is 6.54 Å². The summed E-state index contributed by atoms with van der Waals surface area (Å²) in [5, 5.41) is 2.91. The van der Waals surface area contributed by atoms with Crippen LogP contribution in [0.2, 0.25) is 0 Å². The number of nitrogens with zero attached hydrogens (tertiary/aromatic N) is 1. The highest BCUT2D eigenvalue weighted by Crippen LogP contribution is 2.00. The predicted molar refractivity (Wildman–Crippen MR) is 50.1 cm³/mol. The molecule has 1 atom stereocenters. The zero-order chi connectivity index (χ0) is 10.6. The molecule has 14 heavy (non-hydrogen) atoms. The Balaban J connectivity index is 2.25. The van der Waals surface area contributed by atoms with Gasteiger partial charge in [0.05, 0.1) is 18.8 Å². The average molecular weight is 198 g/mol. The SMILES string of the molecule is Cc1cnc(CNCC(N)C(N)=O)o1. The van der Waals surface area contributed by atoms with Gasteiger partial charge in [-0.05, 0) is 6.92 Å². The fourth-order valence-electron chi connectivity index (χ4n) is 0.918. The molecule has 0 aliphatic rings. The molecule has 6 nitrogen and oxygen atoms in total. The van der Waals surface area contributed by atoms with Gasteiger partial charge in [0.1, 0.15) is 5.76 Å². The van der Waals surface area contributed by atoms with Gasteiger partial charge in [-0.1, -0.05) is 0 Å². The number of amides is 1. The molecule has 78 valence electrons.